The second-order valence-electron chi connectivity index (χ2n) is 8.99. The number of aryl methyl sites for hydroxylation is 2. The Kier molecular flexibility index (Phi) is 7.79. The Hall–Kier alpha value is -1.99. The first kappa shape index (κ1) is 23.2. The van der Waals surface area contributed by atoms with Gasteiger partial charge in [0.15, 0.2) is 0 Å². The normalized spacial score (nSPS) is 15.9. The van der Waals surface area contributed by atoms with Crippen molar-refractivity contribution in [3.63, 3.8) is 0 Å². The Balaban J connectivity index is 1.31. The van der Waals surface area contributed by atoms with E-state index in [2.05, 4.69) is 23.8 Å². The molecule has 0 aliphatic carbocycles. The van der Waals surface area contributed by atoms with Crippen LogP contribution in [0.5, 0.6) is 0 Å². The van der Waals surface area contributed by atoms with Crippen LogP contribution in [-0.2, 0) is 12.8 Å². The molecule has 3 aromatic rings. The molecule has 2 aromatic heterocycles. The van der Waals surface area contributed by atoms with E-state index in [4.69, 9.17) is 4.98 Å². The van der Waals surface area contributed by atoms with Crippen LogP contribution in [0.15, 0.2) is 35.5 Å². The van der Waals surface area contributed by atoms with Crippen molar-refractivity contribution in [2.45, 2.75) is 57.3 Å². The highest BCUT2D eigenvalue weighted by atomic mass is 32.2. The number of carbonyl (C=O) groups is 1. The fourth-order valence-corrected chi connectivity index (χ4v) is 5.41. The zero-order valence-electron chi connectivity index (χ0n) is 19.2. The average Bonchev–Trinajstić information content (AvgIpc) is 3.24. The molecule has 0 N–H and O–H groups in total. The van der Waals surface area contributed by atoms with E-state index in [-0.39, 0.29) is 5.91 Å². The number of aromatic nitrogens is 3. The van der Waals surface area contributed by atoms with Gasteiger partial charge in [-0.05, 0) is 68.4 Å². The largest absolute Gasteiger partial charge is 0.339 e. The van der Waals surface area contributed by atoms with E-state index in [1.807, 2.05) is 41.7 Å². The van der Waals surface area contributed by atoms with E-state index in [0.29, 0.717) is 5.92 Å². The minimum atomic E-state index is 0.162. The lowest BCUT2D eigenvalue weighted by Crippen LogP contribution is -2.37. The summed E-state index contributed by atoms with van der Waals surface area (Å²) in [6.45, 7) is 6.30. The minimum Gasteiger partial charge on any atom is -0.339 e. The zero-order valence-corrected chi connectivity index (χ0v) is 20.8. The maximum atomic E-state index is 12.9. The Morgan fingerprint density at radius 3 is 2.62 bits per heavy atom. The van der Waals surface area contributed by atoms with Gasteiger partial charge in [0, 0.05) is 42.4 Å². The summed E-state index contributed by atoms with van der Waals surface area (Å²) in [4.78, 5) is 29.7. The number of thiazole rings is 1. The van der Waals surface area contributed by atoms with Gasteiger partial charge >= 0.3 is 0 Å². The molecule has 32 heavy (non-hydrogen) atoms. The third-order valence-electron chi connectivity index (χ3n) is 6.38. The van der Waals surface area contributed by atoms with Gasteiger partial charge < -0.3 is 4.90 Å². The van der Waals surface area contributed by atoms with Gasteiger partial charge in [0.25, 0.3) is 5.91 Å². The predicted octanol–water partition coefficient (Wildman–Crippen LogP) is 5.88. The highest BCUT2D eigenvalue weighted by Gasteiger charge is 2.22. The van der Waals surface area contributed by atoms with Gasteiger partial charge in [-0.2, -0.15) is 0 Å². The van der Waals surface area contributed by atoms with Crippen LogP contribution in [-0.4, -0.2) is 45.1 Å². The molecule has 0 radical (unpaired) electrons. The van der Waals surface area contributed by atoms with Crippen molar-refractivity contribution >= 4 is 39.2 Å². The summed E-state index contributed by atoms with van der Waals surface area (Å²) in [6.07, 6.45) is 12.1. The van der Waals surface area contributed by atoms with Crippen LogP contribution < -0.4 is 0 Å². The molecule has 1 saturated heterocycles. The quantitative estimate of drug-likeness (QED) is 0.386. The summed E-state index contributed by atoms with van der Waals surface area (Å²) in [6, 6.07) is 5.99. The first-order valence-corrected chi connectivity index (χ1v) is 13.6. The summed E-state index contributed by atoms with van der Waals surface area (Å²) in [5.74, 6) is 2.40. The summed E-state index contributed by atoms with van der Waals surface area (Å²) in [7, 11) is 0. The number of amides is 1. The molecule has 1 atom stereocenters. The summed E-state index contributed by atoms with van der Waals surface area (Å²) < 4.78 is 1.12. The molecule has 5 nitrogen and oxygen atoms in total. The van der Waals surface area contributed by atoms with Gasteiger partial charge in [-0.15, -0.1) is 23.1 Å². The molecule has 0 spiro atoms. The number of likely N-dealkylation sites (tertiary alicyclic amines) is 1. The first-order chi connectivity index (χ1) is 15.5. The smallest absolute Gasteiger partial charge is 0.253 e. The van der Waals surface area contributed by atoms with Crippen molar-refractivity contribution in [3.8, 4) is 0 Å². The molecule has 0 unspecified atom stereocenters. The number of piperidine rings is 1. The van der Waals surface area contributed by atoms with Gasteiger partial charge in [0.1, 0.15) is 5.82 Å². The maximum absolute atomic E-state index is 12.9. The third-order valence-corrected chi connectivity index (χ3v) is 8.14. The van der Waals surface area contributed by atoms with E-state index >= 15 is 0 Å². The Labute approximate surface area is 199 Å². The molecule has 0 bridgehead atoms. The van der Waals surface area contributed by atoms with E-state index in [1.165, 1.54) is 0 Å². The SMILES string of the molecule is CSc1cnc(CC[C@H](C)CCc2nc3ccc(C(=O)N4CCC(C)CC4)cc3s2)nc1. The highest BCUT2D eigenvalue weighted by Crippen LogP contribution is 2.27. The topological polar surface area (TPSA) is 59.0 Å². The monoisotopic (exact) mass is 468 g/mol. The predicted molar refractivity (Wildman–Crippen MR) is 134 cm³/mol. The molecule has 1 amide bonds. The number of benzene rings is 1. The molecule has 1 aliphatic rings. The molecule has 1 aliphatic heterocycles. The van der Waals surface area contributed by atoms with Crippen LogP contribution in [0.3, 0.4) is 0 Å². The van der Waals surface area contributed by atoms with Crippen molar-refractivity contribution in [3.05, 3.63) is 47.0 Å². The number of hydrogen-bond acceptors (Lipinski definition) is 6. The van der Waals surface area contributed by atoms with E-state index < -0.39 is 0 Å². The Bertz CT molecular complexity index is 1040. The van der Waals surface area contributed by atoms with Crippen molar-refractivity contribution in [1.82, 2.24) is 19.9 Å². The van der Waals surface area contributed by atoms with E-state index in [9.17, 15) is 4.79 Å². The first-order valence-electron chi connectivity index (χ1n) is 11.6. The molecule has 170 valence electrons. The Morgan fingerprint density at radius 1 is 1.19 bits per heavy atom. The lowest BCUT2D eigenvalue weighted by Gasteiger charge is -2.30. The number of carbonyl (C=O) groups excluding carboxylic acids is 1. The lowest BCUT2D eigenvalue weighted by molar-refractivity contribution is 0.0697. The fraction of sp³-hybridized carbons (Fsp3) is 0.520. The Morgan fingerprint density at radius 2 is 1.91 bits per heavy atom. The van der Waals surface area contributed by atoms with Gasteiger partial charge in [-0.3, -0.25) is 4.79 Å². The zero-order chi connectivity index (χ0) is 22.5. The van der Waals surface area contributed by atoms with Crippen LogP contribution in [0.4, 0.5) is 0 Å². The number of rotatable bonds is 8. The van der Waals surface area contributed by atoms with Gasteiger partial charge in [-0.25, -0.2) is 15.0 Å². The van der Waals surface area contributed by atoms with Gasteiger partial charge in [0.05, 0.1) is 15.2 Å². The van der Waals surface area contributed by atoms with Crippen molar-refractivity contribution in [2.75, 3.05) is 19.3 Å². The van der Waals surface area contributed by atoms with E-state index in [1.54, 1.807) is 23.1 Å². The number of nitrogens with zero attached hydrogens (tertiary/aromatic N) is 4. The van der Waals surface area contributed by atoms with Crippen LogP contribution >= 0.6 is 23.1 Å². The van der Waals surface area contributed by atoms with Crippen LogP contribution in [0, 0.1) is 11.8 Å². The summed E-state index contributed by atoms with van der Waals surface area (Å²) in [5.41, 5.74) is 1.80. The van der Waals surface area contributed by atoms with Crippen molar-refractivity contribution in [2.24, 2.45) is 11.8 Å². The number of fused-ring (bicyclic) bond motifs is 1. The molecule has 0 saturated carbocycles. The second kappa shape index (κ2) is 10.8. The van der Waals surface area contributed by atoms with Gasteiger partial charge in [-0.1, -0.05) is 13.8 Å². The van der Waals surface area contributed by atoms with E-state index in [0.717, 1.165) is 89.0 Å². The molecule has 7 heteroatoms. The maximum Gasteiger partial charge on any atom is 0.253 e. The standard InChI is InChI=1S/C25H32N4OS2/c1-17(4-8-23-26-15-20(31-3)16-27-23)5-9-24-28-21-7-6-19(14-22(21)32-24)25(30)29-12-10-18(2)11-13-29/h6-7,14-18H,4-5,8-13H2,1-3H3/t17-/m0/s1. The third kappa shape index (κ3) is 5.87. The fourth-order valence-electron chi connectivity index (χ4n) is 4.07. The molecular formula is C25H32N4OS2. The summed E-state index contributed by atoms with van der Waals surface area (Å²) >= 11 is 3.39. The molecule has 1 aromatic carbocycles. The highest BCUT2D eigenvalue weighted by molar-refractivity contribution is 7.98. The van der Waals surface area contributed by atoms with Crippen LogP contribution in [0.2, 0.25) is 0 Å². The average molecular weight is 469 g/mol. The molecule has 1 fully saturated rings. The van der Waals surface area contributed by atoms with Gasteiger partial charge in [0.2, 0.25) is 0 Å². The molecule has 4 rings (SSSR count). The van der Waals surface area contributed by atoms with Crippen molar-refractivity contribution in [1.29, 1.82) is 0 Å². The number of hydrogen-bond donors (Lipinski definition) is 0. The minimum absolute atomic E-state index is 0.162. The second-order valence-corrected chi connectivity index (χ2v) is 11.0. The lowest BCUT2D eigenvalue weighted by atomic mass is 9.98. The van der Waals surface area contributed by atoms with Crippen molar-refractivity contribution < 1.29 is 4.79 Å². The number of thioether (sulfide) groups is 1. The van der Waals surface area contributed by atoms with Crippen LogP contribution in [0.1, 0.15) is 60.7 Å². The molecule has 3 heterocycles. The summed E-state index contributed by atoms with van der Waals surface area (Å²) in [5, 5.41) is 1.16. The van der Waals surface area contributed by atoms with Crippen LogP contribution in [0.25, 0.3) is 10.2 Å². The molecular weight excluding hydrogens is 436 g/mol.